The molecule has 0 N–H and O–H groups in total. The van der Waals surface area contributed by atoms with Crippen molar-refractivity contribution in [3.05, 3.63) is 85.1 Å². The largest absolute Gasteiger partial charge is 0.462 e. The lowest BCUT2D eigenvalue weighted by Crippen LogP contribution is -2.30. The van der Waals surface area contributed by atoms with E-state index >= 15 is 0 Å². The molecule has 0 heterocycles. The first-order chi connectivity index (χ1) is 37.5. The van der Waals surface area contributed by atoms with Crippen LogP contribution in [-0.4, -0.2) is 37.2 Å². The van der Waals surface area contributed by atoms with Gasteiger partial charge >= 0.3 is 17.9 Å². The van der Waals surface area contributed by atoms with Crippen LogP contribution in [0.3, 0.4) is 0 Å². The molecule has 0 saturated carbocycles. The minimum absolute atomic E-state index is 0.0726. The van der Waals surface area contributed by atoms with Gasteiger partial charge in [-0.2, -0.15) is 0 Å². The number of hydrogen-bond acceptors (Lipinski definition) is 6. The van der Waals surface area contributed by atoms with E-state index < -0.39 is 6.10 Å². The van der Waals surface area contributed by atoms with Crippen molar-refractivity contribution in [2.45, 2.75) is 329 Å². The molecule has 438 valence electrons. The van der Waals surface area contributed by atoms with Crippen LogP contribution in [0.4, 0.5) is 0 Å². The molecule has 1 atom stereocenters. The first-order valence-corrected chi connectivity index (χ1v) is 32.6. The van der Waals surface area contributed by atoms with Crippen LogP contribution in [-0.2, 0) is 28.6 Å². The van der Waals surface area contributed by atoms with Gasteiger partial charge in [0, 0.05) is 19.3 Å². The van der Waals surface area contributed by atoms with Crippen LogP contribution in [0.5, 0.6) is 0 Å². The predicted molar refractivity (Wildman–Crippen MR) is 330 cm³/mol. The molecule has 1 unspecified atom stereocenters. The van der Waals surface area contributed by atoms with Crippen LogP contribution in [0.2, 0.25) is 0 Å². The van der Waals surface area contributed by atoms with Gasteiger partial charge in [-0.05, 0) is 77.0 Å². The summed E-state index contributed by atoms with van der Waals surface area (Å²) in [5.74, 6) is -0.863. The van der Waals surface area contributed by atoms with Crippen molar-refractivity contribution in [2.24, 2.45) is 0 Å². The summed E-state index contributed by atoms with van der Waals surface area (Å²) in [6.45, 7) is 6.56. The Labute approximate surface area is 471 Å². The van der Waals surface area contributed by atoms with E-state index in [1.807, 2.05) is 0 Å². The molecule has 0 bridgehead atoms. The Morgan fingerprint density at radius 3 is 0.803 bits per heavy atom. The Balaban J connectivity index is 4.23. The van der Waals surface area contributed by atoms with E-state index in [9.17, 15) is 14.4 Å². The summed E-state index contributed by atoms with van der Waals surface area (Å²) in [7, 11) is 0. The number of hydrogen-bond donors (Lipinski definition) is 0. The minimum atomic E-state index is -0.775. The summed E-state index contributed by atoms with van der Waals surface area (Å²) >= 11 is 0. The van der Waals surface area contributed by atoms with Crippen molar-refractivity contribution in [3.8, 4) is 0 Å². The monoisotopic (exact) mass is 1060 g/mol. The Morgan fingerprint density at radius 1 is 0.276 bits per heavy atom. The van der Waals surface area contributed by atoms with Gasteiger partial charge in [0.05, 0.1) is 0 Å². The lowest BCUT2D eigenvalue weighted by molar-refractivity contribution is -0.167. The standard InChI is InChI=1S/C70H122O6/c1-4-7-10-13-16-19-22-25-27-28-29-30-31-32-33-34-35-36-37-38-39-40-41-42-43-46-48-51-54-57-60-63-69(72)75-66-67(65-74-68(71)62-59-56-53-50-47-44-24-21-18-15-12-9-6-3)76-70(73)64-61-58-55-52-49-45-26-23-20-17-14-11-8-5-2/h7,10,16,19,25,27,29-30,32-33,35-36,38-39,67H,4-6,8-9,11-15,17-18,20-24,26,28,31,34,37,40-66H2,1-3H3/b10-7-,19-16-,27-25-,30-29-,33-32-,36-35-,39-38-. The van der Waals surface area contributed by atoms with Crippen molar-refractivity contribution in [1.29, 1.82) is 0 Å². The van der Waals surface area contributed by atoms with Gasteiger partial charge in [-0.3, -0.25) is 14.4 Å². The molecule has 6 nitrogen and oxygen atoms in total. The number of unbranched alkanes of at least 4 members (excludes halogenated alkanes) is 34. The molecular weight excluding hydrogens is 937 g/mol. The van der Waals surface area contributed by atoms with Crippen LogP contribution in [0.1, 0.15) is 323 Å². The maximum Gasteiger partial charge on any atom is 0.306 e. The van der Waals surface area contributed by atoms with E-state index in [-0.39, 0.29) is 31.1 Å². The van der Waals surface area contributed by atoms with Gasteiger partial charge in [0.25, 0.3) is 0 Å². The van der Waals surface area contributed by atoms with E-state index in [2.05, 4.69) is 106 Å². The molecule has 0 fully saturated rings. The lowest BCUT2D eigenvalue weighted by Gasteiger charge is -2.18. The van der Waals surface area contributed by atoms with Crippen LogP contribution >= 0.6 is 0 Å². The maximum absolute atomic E-state index is 12.9. The highest BCUT2D eigenvalue weighted by Crippen LogP contribution is 2.17. The average Bonchev–Trinajstić information content (AvgIpc) is 3.42. The van der Waals surface area contributed by atoms with E-state index in [0.29, 0.717) is 19.3 Å². The Kier molecular flexibility index (Phi) is 61.2. The van der Waals surface area contributed by atoms with Gasteiger partial charge in [0.1, 0.15) is 13.2 Å². The third kappa shape index (κ3) is 61.4. The van der Waals surface area contributed by atoms with Crippen molar-refractivity contribution < 1.29 is 28.6 Å². The molecule has 0 aliphatic carbocycles. The zero-order valence-electron chi connectivity index (χ0n) is 50.3. The fourth-order valence-corrected chi connectivity index (χ4v) is 9.31. The molecule has 0 amide bonds. The quantitative estimate of drug-likeness (QED) is 0.0261. The highest BCUT2D eigenvalue weighted by molar-refractivity contribution is 5.71. The highest BCUT2D eigenvalue weighted by Gasteiger charge is 2.19. The van der Waals surface area contributed by atoms with Crippen LogP contribution in [0.15, 0.2) is 85.1 Å². The molecule has 0 radical (unpaired) electrons. The summed E-state index contributed by atoms with van der Waals surface area (Å²) in [5.41, 5.74) is 0. The number of carbonyl (C=O) groups is 3. The minimum Gasteiger partial charge on any atom is -0.462 e. The number of allylic oxidation sites excluding steroid dienone is 14. The Bertz CT molecular complexity index is 1450. The number of esters is 3. The molecule has 0 rings (SSSR count). The van der Waals surface area contributed by atoms with E-state index in [1.165, 1.54) is 173 Å². The van der Waals surface area contributed by atoms with E-state index in [4.69, 9.17) is 14.2 Å². The molecule has 0 aromatic heterocycles. The topological polar surface area (TPSA) is 78.9 Å². The Hall–Kier alpha value is -3.41. The summed E-state index contributed by atoms with van der Waals surface area (Å²) in [6.07, 6.45) is 84.5. The summed E-state index contributed by atoms with van der Waals surface area (Å²) in [4.78, 5) is 38.3. The molecule has 0 aliphatic heterocycles. The van der Waals surface area contributed by atoms with E-state index in [0.717, 1.165) is 109 Å². The van der Waals surface area contributed by atoms with Crippen LogP contribution in [0.25, 0.3) is 0 Å². The second-order valence-electron chi connectivity index (χ2n) is 21.7. The van der Waals surface area contributed by atoms with Crippen LogP contribution < -0.4 is 0 Å². The molecule has 0 aromatic carbocycles. The van der Waals surface area contributed by atoms with Gasteiger partial charge in [-0.15, -0.1) is 0 Å². The summed E-state index contributed by atoms with van der Waals surface area (Å²) < 4.78 is 16.9. The third-order valence-electron chi connectivity index (χ3n) is 14.2. The van der Waals surface area contributed by atoms with Crippen molar-refractivity contribution in [2.75, 3.05) is 13.2 Å². The van der Waals surface area contributed by atoms with Crippen molar-refractivity contribution in [3.63, 3.8) is 0 Å². The summed E-state index contributed by atoms with van der Waals surface area (Å²) in [6, 6.07) is 0. The zero-order valence-corrected chi connectivity index (χ0v) is 50.3. The summed E-state index contributed by atoms with van der Waals surface area (Å²) in [5, 5.41) is 0. The molecule has 0 aromatic rings. The van der Waals surface area contributed by atoms with Crippen molar-refractivity contribution in [1.82, 2.24) is 0 Å². The molecule has 76 heavy (non-hydrogen) atoms. The molecular formula is C70H122O6. The first-order valence-electron chi connectivity index (χ1n) is 32.6. The van der Waals surface area contributed by atoms with Gasteiger partial charge in [-0.25, -0.2) is 0 Å². The van der Waals surface area contributed by atoms with Gasteiger partial charge < -0.3 is 14.2 Å². The molecule has 6 heteroatoms. The van der Waals surface area contributed by atoms with Crippen molar-refractivity contribution >= 4 is 17.9 Å². The second-order valence-corrected chi connectivity index (χ2v) is 21.7. The SMILES string of the molecule is CC/C=C\C/C=C\C/C=C\C/C=C\C/C=C\C/C=C\C/C=C\CCCCCCCCCCCC(=O)OCC(COC(=O)CCCCCCCCCCCCCCC)OC(=O)CCCCCCCCCCCCCCCC. The van der Waals surface area contributed by atoms with E-state index in [1.54, 1.807) is 0 Å². The fourth-order valence-electron chi connectivity index (χ4n) is 9.31. The smallest absolute Gasteiger partial charge is 0.306 e. The second kappa shape index (κ2) is 64.1. The lowest BCUT2D eigenvalue weighted by atomic mass is 10.0. The highest BCUT2D eigenvalue weighted by atomic mass is 16.6. The molecule has 0 spiro atoms. The van der Waals surface area contributed by atoms with Gasteiger partial charge in [0.2, 0.25) is 0 Å². The molecule has 0 saturated heterocycles. The molecule has 0 aliphatic rings. The number of rotatable bonds is 59. The van der Waals surface area contributed by atoms with Gasteiger partial charge in [0.15, 0.2) is 6.10 Å². The average molecular weight is 1060 g/mol. The third-order valence-corrected chi connectivity index (χ3v) is 14.2. The Morgan fingerprint density at radius 2 is 0.513 bits per heavy atom. The van der Waals surface area contributed by atoms with Gasteiger partial charge in [-0.1, -0.05) is 311 Å². The predicted octanol–water partition coefficient (Wildman–Crippen LogP) is 22.3. The zero-order chi connectivity index (χ0) is 55.0. The normalized spacial score (nSPS) is 12.6. The van der Waals surface area contributed by atoms with Crippen LogP contribution in [0, 0.1) is 0 Å². The number of carbonyl (C=O) groups excluding carboxylic acids is 3. The number of ether oxygens (including phenoxy) is 3. The maximum atomic E-state index is 12.9. The first kappa shape index (κ1) is 72.6. The fraction of sp³-hybridized carbons (Fsp3) is 0.757.